The number of nitrogens with one attached hydrogen (secondary N) is 1. The number of amides is 2. The van der Waals surface area contributed by atoms with Crippen molar-refractivity contribution in [3.8, 4) is 0 Å². The number of carbonyl (C=O) groups excluding carboxylic acids is 1. The monoisotopic (exact) mass is 303 g/mol. The molecule has 2 rings (SSSR count). The standard InChI is InChI=1S/C17H25N3O2/c1-5-20(17(21)18-12(2)3)11-14-10-16(19-22-14)15-9-7-6-8-13(15)4/h6-9,12,14H,5,10-11H2,1-4H3,(H,18,21)/t14-/m0/s1. The zero-order valence-electron chi connectivity index (χ0n) is 13.8. The van der Waals surface area contributed by atoms with Crippen LogP contribution in [-0.2, 0) is 4.84 Å². The third-order valence-corrected chi connectivity index (χ3v) is 3.69. The number of aryl methyl sites for hydroxylation is 1. The predicted molar refractivity (Wildman–Crippen MR) is 88.1 cm³/mol. The first-order valence-corrected chi connectivity index (χ1v) is 7.85. The minimum Gasteiger partial charge on any atom is -0.390 e. The van der Waals surface area contributed by atoms with Crippen molar-refractivity contribution in [1.29, 1.82) is 0 Å². The first kappa shape index (κ1) is 16.3. The molecule has 1 aromatic rings. The second-order valence-electron chi connectivity index (χ2n) is 5.93. The molecule has 0 radical (unpaired) electrons. The Bertz CT molecular complexity index is 555. The van der Waals surface area contributed by atoms with Gasteiger partial charge in [-0.05, 0) is 33.3 Å². The van der Waals surface area contributed by atoms with E-state index in [2.05, 4.69) is 29.5 Å². The summed E-state index contributed by atoms with van der Waals surface area (Å²) in [4.78, 5) is 19.4. The first-order chi connectivity index (χ1) is 10.5. The fourth-order valence-corrected chi connectivity index (χ4v) is 2.52. The highest BCUT2D eigenvalue weighted by Crippen LogP contribution is 2.20. The molecule has 0 saturated heterocycles. The van der Waals surface area contributed by atoms with Gasteiger partial charge in [0.2, 0.25) is 0 Å². The third kappa shape index (κ3) is 4.00. The van der Waals surface area contributed by atoms with Gasteiger partial charge in [0, 0.05) is 24.6 Å². The van der Waals surface area contributed by atoms with Gasteiger partial charge in [0.1, 0.15) is 0 Å². The molecule has 0 saturated carbocycles. The van der Waals surface area contributed by atoms with E-state index in [1.807, 2.05) is 32.9 Å². The minimum atomic E-state index is -0.0764. The number of nitrogens with zero attached hydrogens (tertiary/aromatic N) is 2. The Kier molecular flexibility index (Phi) is 5.41. The number of rotatable bonds is 5. The lowest BCUT2D eigenvalue weighted by atomic mass is 10.0. The molecule has 120 valence electrons. The number of hydrogen-bond acceptors (Lipinski definition) is 3. The second kappa shape index (κ2) is 7.29. The van der Waals surface area contributed by atoms with Crippen LogP contribution in [-0.4, -0.2) is 41.9 Å². The maximum absolute atomic E-state index is 12.1. The zero-order valence-corrected chi connectivity index (χ0v) is 13.8. The number of hydrogen-bond donors (Lipinski definition) is 1. The summed E-state index contributed by atoms with van der Waals surface area (Å²) in [7, 11) is 0. The molecule has 0 aliphatic carbocycles. The molecule has 1 aliphatic heterocycles. The van der Waals surface area contributed by atoms with E-state index in [4.69, 9.17) is 4.84 Å². The Morgan fingerprint density at radius 1 is 1.45 bits per heavy atom. The van der Waals surface area contributed by atoms with Gasteiger partial charge in [-0.2, -0.15) is 0 Å². The number of carbonyl (C=O) groups is 1. The highest BCUT2D eigenvalue weighted by atomic mass is 16.6. The maximum Gasteiger partial charge on any atom is 0.317 e. The number of oxime groups is 1. The summed E-state index contributed by atoms with van der Waals surface area (Å²) in [6.07, 6.45) is 0.656. The molecule has 0 aromatic heterocycles. The van der Waals surface area contributed by atoms with Gasteiger partial charge in [-0.1, -0.05) is 29.4 Å². The maximum atomic E-state index is 12.1. The third-order valence-electron chi connectivity index (χ3n) is 3.69. The summed E-state index contributed by atoms with van der Waals surface area (Å²) < 4.78 is 0. The Labute approximate surface area is 132 Å². The van der Waals surface area contributed by atoms with Crippen LogP contribution in [0.1, 0.15) is 38.3 Å². The van der Waals surface area contributed by atoms with Crippen LogP contribution >= 0.6 is 0 Å². The molecule has 2 amide bonds. The van der Waals surface area contributed by atoms with E-state index in [9.17, 15) is 4.79 Å². The summed E-state index contributed by atoms with van der Waals surface area (Å²) in [5.74, 6) is 0. The van der Waals surface area contributed by atoms with Crippen molar-refractivity contribution in [2.24, 2.45) is 5.16 Å². The lowest BCUT2D eigenvalue weighted by molar-refractivity contribution is 0.0614. The SMILES string of the molecule is CCN(C[C@@H]1CC(c2ccccc2C)=NO1)C(=O)NC(C)C. The van der Waals surface area contributed by atoms with Gasteiger partial charge in [-0.25, -0.2) is 4.79 Å². The van der Waals surface area contributed by atoms with Crippen molar-refractivity contribution in [3.63, 3.8) is 0 Å². The van der Waals surface area contributed by atoms with Crippen LogP contribution in [0.4, 0.5) is 4.79 Å². The fourth-order valence-electron chi connectivity index (χ4n) is 2.52. The van der Waals surface area contributed by atoms with Crippen LogP contribution in [0.15, 0.2) is 29.4 Å². The topological polar surface area (TPSA) is 53.9 Å². The van der Waals surface area contributed by atoms with E-state index < -0.39 is 0 Å². The van der Waals surface area contributed by atoms with Gasteiger partial charge in [0.15, 0.2) is 6.10 Å². The van der Waals surface area contributed by atoms with Crippen molar-refractivity contribution in [2.45, 2.75) is 46.3 Å². The van der Waals surface area contributed by atoms with Crippen molar-refractivity contribution >= 4 is 11.7 Å². The summed E-state index contributed by atoms with van der Waals surface area (Å²) in [5.41, 5.74) is 3.28. The summed E-state index contributed by atoms with van der Waals surface area (Å²) in [6, 6.07) is 8.23. The van der Waals surface area contributed by atoms with E-state index >= 15 is 0 Å². The van der Waals surface area contributed by atoms with Crippen LogP contribution < -0.4 is 5.32 Å². The van der Waals surface area contributed by atoms with E-state index in [0.717, 1.165) is 17.7 Å². The number of benzene rings is 1. The molecule has 0 bridgehead atoms. The van der Waals surface area contributed by atoms with Crippen LogP contribution in [0.2, 0.25) is 0 Å². The van der Waals surface area contributed by atoms with Crippen LogP contribution in [0.25, 0.3) is 0 Å². The lowest BCUT2D eigenvalue weighted by Crippen LogP contribution is -2.45. The smallest absolute Gasteiger partial charge is 0.317 e. The van der Waals surface area contributed by atoms with Crippen LogP contribution in [0, 0.1) is 6.92 Å². The van der Waals surface area contributed by atoms with Crippen molar-refractivity contribution < 1.29 is 9.63 Å². The second-order valence-corrected chi connectivity index (χ2v) is 5.93. The molecule has 1 aliphatic rings. The molecule has 0 fully saturated rings. The Morgan fingerprint density at radius 3 is 2.82 bits per heavy atom. The molecule has 1 aromatic carbocycles. The molecule has 22 heavy (non-hydrogen) atoms. The molecule has 0 spiro atoms. The molecule has 1 heterocycles. The van der Waals surface area contributed by atoms with E-state index in [0.29, 0.717) is 13.1 Å². The molecule has 1 atom stereocenters. The fraction of sp³-hybridized carbons (Fsp3) is 0.529. The van der Waals surface area contributed by atoms with Gasteiger partial charge in [-0.15, -0.1) is 0 Å². The molecule has 5 heteroatoms. The normalized spacial score (nSPS) is 17.1. The molecule has 5 nitrogen and oxygen atoms in total. The number of urea groups is 1. The number of likely N-dealkylation sites (N-methyl/N-ethyl adjacent to an activating group) is 1. The summed E-state index contributed by atoms with van der Waals surface area (Å²) in [5, 5.41) is 7.13. The quantitative estimate of drug-likeness (QED) is 0.909. The van der Waals surface area contributed by atoms with Gasteiger partial charge < -0.3 is 15.1 Å². The van der Waals surface area contributed by atoms with E-state index in [1.54, 1.807) is 4.90 Å². The van der Waals surface area contributed by atoms with E-state index in [1.165, 1.54) is 5.56 Å². The minimum absolute atomic E-state index is 0.0505. The van der Waals surface area contributed by atoms with Gasteiger partial charge in [-0.3, -0.25) is 0 Å². The van der Waals surface area contributed by atoms with Crippen LogP contribution in [0.5, 0.6) is 0 Å². The molecular formula is C17H25N3O2. The Morgan fingerprint density at radius 2 is 2.18 bits per heavy atom. The Balaban J connectivity index is 1.94. The van der Waals surface area contributed by atoms with Crippen LogP contribution in [0.3, 0.4) is 0 Å². The molecule has 0 unspecified atom stereocenters. The first-order valence-electron chi connectivity index (χ1n) is 7.85. The van der Waals surface area contributed by atoms with Crippen molar-refractivity contribution in [2.75, 3.05) is 13.1 Å². The summed E-state index contributed by atoms with van der Waals surface area (Å²) >= 11 is 0. The lowest BCUT2D eigenvalue weighted by Gasteiger charge is -2.24. The molecular weight excluding hydrogens is 278 g/mol. The summed E-state index contributed by atoms with van der Waals surface area (Å²) in [6.45, 7) is 9.15. The average molecular weight is 303 g/mol. The highest BCUT2D eigenvalue weighted by Gasteiger charge is 2.26. The zero-order chi connectivity index (χ0) is 16.1. The predicted octanol–water partition coefficient (Wildman–Crippen LogP) is 2.93. The van der Waals surface area contributed by atoms with Crippen molar-refractivity contribution in [3.05, 3.63) is 35.4 Å². The van der Waals surface area contributed by atoms with Gasteiger partial charge in [0.25, 0.3) is 0 Å². The largest absolute Gasteiger partial charge is 0.390 e. The highest BCUT2D eigenvalue weighted by molar-refractivity contribution is 6.02. The Hall–Kier alpha value is -2.04. The van der Waals surface area contributed by atoms with Crippen molar-refractivity contribution in [1.82, 2.24) is 10.2 Å². The van der Waals surface area contributed by atoms with Gasteiger partial charge >= 0.3 is 6.03 Å². The molecule has 1 N–H and O–H groups in total. The van der Waals surface area contributed by atoms with Gasteiger partial charge in [0.05, 0.1) is 12.3 Å². The van der Waals surface area contributed by atoms with E-state index in [-0.39, 0.29) is 18.2 Å². The average Bonchev–Trinajstić information content (AvgIpc) is 2.92.